The van der Waals surface area contributed by atoms with Gasteiger partial charge in [-0.2, -0.15) is 0 Å². The summed E-state index contributed by atoms with van der Waals surface area (Å²) in [5.41, 5.74) is 0.351. The van der Waals surface area contributed by atoms with Crippen LogP contribution in [0.1, 0.15) is 10.4 Å². The van der Waals surface area contributed by atoms with E-state index in [-0.39, 0.29) is 11.9 Å². The van der Waals surface area contributed by atoms with Gasteiger partial charge in [0.05, 0.1) is 10.6 Å². The lowest BCUT2D eigenvalue weighted by Crippen LogP contribution is -2.13. The zero-order chi connectivity index (χ0) is 12.3. The van der Waals surface area contributed by atoms with Crippen LogP contribution in [0.25, 0.3) is 6.20 Å². The molecule has 0 bridgehead atoms. The van der Waals surface area contributed by atoms with E-state index in [0.717, 1.165) is 4.80 Å². The first-order valence-corrected chi connectivity index (χ1v) is 5.06. The van der Waals surface area contributed by atoms with Crippen LogP contribution in [-0.2, 0) is 0 Å². The van der Waals surface area contributed by atoms with Crippen LogP contribution in [0.4, 0.5) is 5.95 Å². The topological polar surface area (TPSA) is 72.7 Å². The number of carbonyl (C=O) groups is 1. The summed E-state index contributed by atoms with van der Waals surface area (Å²) < 4.78 is 0. The maximum absolute atomic E-state index is 11.8. The third kappa shape index (κ3) is 2.48. The van der Waals surface area contributed by atoms with Crippen molar-refractivity contribution in [3.05, 3.63) is 41.4 Å². The number of nitrogens with one attached hydrogen (secondary N) is 1. The van der Waals surface area contributed by atoms with Crippen LogP contribution in [0, 0.1) is 0 Å². The summed E-state index contributed by atoms with van der Waals surface area (Å²) in [5, 5.41) is 13.9. The summed E-state index contributed by atoms with van der Waals surface area (Å²) in [6, 6.07) is 6.69. The second kappa shape index (κ2) is 4.75. The number of benzene rings is 1. The molecule has 1 aromatic heterocycles. The van der Waals surface area contributed by atoms with Gasteiger partial charge in [0.2, 0.25) is 0 Å². The molecule has 0 aliphatic rings. The van der Waals surface area contributed by atoms with Crippen molar-refractivity contribution in [3.8, 4) is 0 Å². The molecule has 0 saturated heterocycles. The highest BCUT2D eigenvalue weighted by Crippen LogP contribution is 2.15. The molecule has 0 unspecified atom stereocenters. The molecule has 7 heteroatoms. The molecule has 0 aliphatic carbocycles. The molecule has 17 heavy (non-hydrogen) atoms. The van der Waals surface area contributed by atoms with Gasteiger partial charge in [0, 0.05) is 6.20 Å². The fourth-order valence-electron chi connectivity index (χ4n) is 1.17. The first-order chi connectivity index (χ1) is 8.20. The maximum Gasteiger partial charge on any atom is 0.270 e. The first kappa shape index (κ1) is 11.3. The second-order valence-electron chi connectivity index (χ2n) is 3.05. The van der Waals surface area contributed by atoms with E-state index in [4.69, 9.17) is 11.6 Å². The normalized spacial score (nSPS) is 9.94. The monoisotopic (exact) mass is 249 g/mol. The number of rotatable bonds is 3. The third-order valence-corrected chi connectivity index (χ3v) is 2.26. The highest BCUT2D eigenvalue weighted by Gasteiger charge is 2.12. The Morgan fingerprint density at radius 1 is 1.47 bits per heavy atom. The molecule has 1 aromatic carbocycles. The van der Waals surface area contributed by atoms with E-state index in [0.29, 0.717) is 10.6 Å². The minimum atomic E-state index is -0.390. The highest BCUT2D eigenvalue weighted by molar-refractivity contribution is 6.34. The van der Waals surface area contributed by atoms with Crippen molar-refractivity contribution in [1.29, 1.82) is 0 Å². The molecule has 2 rings (SSSR count). The molecule has 0 saturated carbocycles. The first-order valence-electron chi connectivity index (χ1n) is 4.68. The number of hydrogen-bond acceptors (Lipinski definition) is 4. The molecule has 1 heterocycles. The quantitative estimate of drug-likeness (QED) is 0.898. The fraction of sp³-hybridized carbons (Fsp3) is 0. The van der Waals surface area contributed by atoms with Gasteiger partial charge in [-0.25, -0.2) is 0 Å². The van der Waals surface area contributed by atoms with Crippen LogP contribution in [-0.4, -0.2) is 26.1 Å². The standard InChI is InChI=1S/C10H8ClN5O/c1-2-16-14-10(13-15-16)12-9(17)7-5-3-4-6-8(7)11/h2-6H,1H2,(H,12,14,17). The lowest BCUT2D eigenvalue weighted by atomic mass is 10.2. The minimum absolute atomic E-state index is 0.0924. The van der Waals surface area contributed by atoms with Gasteiger partial charge in [-0.15, -0.1) is 9.90 Å². The predicted molar refractivity (Wildman–Crippen MR) is 63.6 cm³/mol. The number of anilines is 1. The summed E-state index contributed by atoms with van der Waals surface area (Å²) in [4.78, 5) is 12.9. The van der Waals surface area contributed by atoms with Crippen molar-refractivity contribution in [1.82, 2.24) is 20.2 Å². The molecule has 86 valence electrons. The van der Waals surface area contributed by atoms with E-state index in [9.17, 15) is 4.79 Å². The molecule has 0 atom stereocenters. The molecule has 2 aromatic rings. The van der Waals surface area contributed by atoms with E-state index >= 15 is 0 Å². The minimum Gasteiger partial charge on any atom is -0.288 e. The Bertz CT molecular complexity index is 565. The Morgan fingerprint density at radius 3 is 2.88 bits per heavy atom. The maximum atomic E-state index is 11.8. The number of amides is 1. The molecule has 6 nitrogen and oxygen atoms in total. The third-order valence-electron chi connectivity index (χ3n) is 1.94. The highest BCUT2D eigenvalue weighted by atomic mass is 35.5. The van der Waals surface area contributed by atoms with Crippen LogP contribution in [0.5, 0.6) is 0 Å². The molecule has 0 radical (unpaired) electrons. The molecule has 0 fully saturated rings. The Labute approximate surface area is 102 Å². The summed E-state index contributed by atoms with van der Waals surface area (Å²) >= 11 is 5.88. The zero-order valence-electron chi connectivity index (χ0n) is 8.67. The van der Waals surface area contributed by atoms with E-state index < -0.39 is 0 Å². The SMILES string of the molecule is C=Cn1nnc(NC(=O)c2ccccc2Cl)n1. The van der Waals surface area contributed by atoms with Gasteiger partial charge < -0.3 is 0 Å². The molecule has 0 aliphatic heterocycles. The Hall–Kier alpha value is -2.21. The van der Waals surface area contributed by atoms with Gasteiger partial charge in [0.1, 0.15) is 0 Å². The fourth-order valence-corrected chi connectivity index (χ4v) is 1.39. The number of tetrazole rings is 1. The zero-order valence-corrected chi connectivity index (χ0v) is 9.42. The van der Waals surface area contributed by atoms with Gasteiger partial charge in [0.25, 0.3) is 11.9 Å². The van der Waals surface area contributed by atoms with E-state index in [1.54, 1.807) is 24.3 Å². The summed E-state index contributed by atoms with van der Waals surface area (Å²) in [5.74, 6) is -0.297. The molecule has 1 amide bonds. The second-order valence-corrected chi connectivity index (χ2v) is 3.46. The van der Waals surface area contributed by atoms with Crippen molar-refractivity contribution < 1.29 is 4.79 Å². The van der Waals surface area contributed by atoms with E-state index in [2.05, 4.69) is 27.3 Å². The summed E-state index contributed by atoms with van der Waals surface area (Å²) in [6.07, 6.45) is 1.36. The number of carbonyl (C=O) groups excluding carboxylic acids is 1. The number of aromatic nitrogens is 4. The average Bonchev–Trinajstić information content (AvgIpc) is 2.77. The molecular weight excluding hydrogens is 242 g/mol. The van der Waals surface area contributed by atoms with Crippen LogP contribution < -0.4 is 5.32 Å². The van der Waals surface area contributed by atoms with Gasteiger partial charge >= 0.3 is 0 Å². The largest absolute Gasteiger partial charge is 0.288 e. The Morgan fingerprint density at radius 2 is 2.24 bits per heavy atom. The van der Waals surface area contributed by atoms with Crippen molar-refractivity contribution in [2.45, 2.75) is 0 Å². The van der Waals surface area contributed by atoms with Crippen molar-refractivity contribution in [3.63, 3.8) is 0 Å². The van der Waals surface area contributed by atoms with E-state index in [1.807, 2.05) is 0 Å². The van der Waals surface area contributed by atoms with Gasteiger partial charge in [-0.3, -0.25) is 10.1 Å². The van der Waals surface area contributed by atoms with Crippen LogP contribution in [0.15, 0.2) is 30.8 Å². The Balaban J connectivity index is 2.17. The van der Waals surface area contributed by atoms with Gasteiger partial charge in [-0.05, 0) is 17.3 Å². The lowest BCUT2D eigenvalue weighted by molar-refractivity contribution is 0.102. The number of halogens is 1. The predicted octanol–water partition coefficient (Wildman–Crippen LogP) is 1.68. The number of nitrogens with zero attached hydrogens (tertiary/aromatic N) is 4. The summed E-state index contributed by atoms with van der Waals surface area (Å²) in [7, 11) is 0. The van der Waals surface area contributed by atoms with Crippen LogP contribution in [0.3, 0.4) is 0 Å². The van der Waals surface area contributed by atoms with Crippen LogP contribution >= 0.6 is 11.6 Å². The van der Waals surface area contributed by atoms with Crippen molar-refractivity contribution in [2.24, 2.45) is 0 Å². The van der Waals surface area contributed by atoms with Gasteiger partial charge in [0.15, 0.2) is 0 Å². The molecule has 0 spiro atoms. The lowest BCUT2D eigenvalue weighted by Gasteiger charge is -2.01. The molecule has 1 N–H and O–H groups in total. The smallest absolute Gasteiger partial charge is 0.270 e. The average molecular weight is 250 g/mol. The van der Waals surface area contributed by atoms with Gasteiger partial charge in [-0.1, -0.05) is 35.4 Å². The van der Waals surface area contributed by atoms with Crippen molar-refractivity contribution >= 4 is 29.7 Å². The molecular formula is C10H8ClN5O. The van der Waals surface area contributed by atoms with Crippen LogP contribution in [0.2, 0.25) is 5.02 Å². The van der Waals surface area contributed by atoms with Crippen molar-refractivity contribution in [2.75, 3.05) is 5.32 Å². The Kier molecular flexibility index (Phi) is 3.15. The summed E-state index contributed by atoms with van der Waals surface area (Å²) in [6.45, 7) is 3.46. The number of hydrogen-bond donors (Lipinski definition) is 1. The van der Waals surface area contributed by atoms with E-state index in [1.165, 1.54) is 6.20 Å².